The summed E-state index contributed by atoms with van der Waals surface area (Å²) in [6, 6.07) is 12.0. The first kappa shape index (κ1) is 13.9. The molecule has 1 amide bonds. The highest BCUT2D eigenvalue weighted by molar-refractivity contribution is 7.82. The molecule has 0 aliphatic carbocycles. The highest BCUT2D eigenvalue weighted by atomic mass is 32.1. The molecule has 1 aromatic carbocycles. The third kappa shape index (κ3) is 3.49. The number of thiol groups is 1. The van der Waals surface area contributed by atoms with Gasteiger partial charge in [0.05, 0.1) is 17.3 Å². The van der Waals surface area contributed by atoms with Crippen LogP contribution >= 0.6 is 12.8 Å². The minimum absolute atomic E-state index is 0.125. The molecule has 0 N–H and O–H groups in total. The van der Waals surface area contributed by atoms with Crippen molar-refractivity contribution in [3.05, 3.63) is 59.9 Å². The van der Waals surface area contributed by atoms with Crippen LogP contribution in [0.15, 0.2) is 48.8 Å². The summed E-state index contributed by atoms with van der Waals surface area (Å²) in [5.74, 6) is 0. The SMILES string of the molecule is N#Cc1ccc(N(S)C(=O)OCc2cccnc2)cc1. The summed E-state index contributed by atoms with van der Waals surface area (Å²) in [4.78, 5) is 15.7. The van der Waals surface area contributed by atoms with Gasteiger partial charge in [0.2, 0.25) is 0 Å². The molecular formula is C14H11N3O2S. The van der Waals surface area contributed by atoms with Crippen molar-refractivity contribution < 1.29 is 9.53 Å². The van der Waals surface area contributed by atoms with Crippen molar-refractivity contribution in [3.63, 3.8) is 0 Å². The lowest BCUT2D eigenvalue weighted by atomic mass is 10.2. The van der Waals surface area contributed by atoms with Crippen molar-refractivity contribution in [1.29, 1.82) is 5.26 Å². The van der Waals surface area contributed by atoms with Crippen molar-refractivity contribution >= 4 is 24.6 Å². The maximum atomic E-state index is 11.8. The second-order valence-corrected chi connectivity index (χ2v) is 4.29. The van der Waals surface area contributed by atoms with Gasteiger partial charge in [-0.3, -0.25) is 4.98 Å². The molecule has 1 aromatic heterocycles. The average Bonchev–Trinajstić information content (AvgIpc) is 2.53. The highest BCUT2D eigenvalue weighted by Gasteiger charge is 2.13. The van der Waals surface area contributed by atoms with Crippen molar-refractivity contribution in [2.45, 2.75) is 6.61 Å². The summed E-state index contributed by atoms with van der Waals surface area (Å²) in [5, 5.41) is 8.71. The molecule has 0 saturated heterocycles. The number of nitriles is 1. The molecule has 2 rings (SSSR count). The van der Waals surface area contributed by atoms with Gasteiger partial charge >= 0.3 is 6.09 Å². The third-order valence-corrected chi connectivity index (χ3v) is 2.89. The number of carbonyl (C=O) groups is 1. The number of carbonyl (C=O) groups excluding carboxylic acids is 1. The fourth-order valence-electron chi connectivity index (χ4n) is 1.47. The van der Waals surface area contributed by atoms with E-state index in [1.165, 1.54) is 0 Å². The lowest BCUT2D eigenvalue weighted by Gasteiger charge is -2.15. The quantitative estimate of drug-likeness (QED) is 0.880. The number of ether oxygens (including phenoxy) is 1. The summed E-state index contributed by atoms with van der Waals surface area (Å²) >= 11 is 4.08. The van der Waals surface area contributed by atoms with E-state index in [1.54, 1.807) is 42.7 Å². The van der Waals surface area contributed by atoms with Crippen molar-refractivity contribution in [3.8, 4) is 6.07 Å². The fraction of sp³-hybridized carbons (Fsp3) is 0.0714. The summed E-state index contributed by atoms with van der Waals surface area (Å²) in [5.41, 5.74) is 1.84. The van der Waals surface area contributed by atoms with Crippen LogP contribution in [0.4, 0.5) is 10.5 Å². The minimum Gasteiger partial charge on any atom is -0.444 e. The molecule has 0 aliphatic heterocycles. The molecule has 100 valence electrons. The number of pyridine rings is 1. The predicted octanol–water partition coefficient (Wildman–Crippen LogP) is 2.94. The number of benzene rings is 1. The molecule has 0 bridgehead atoms. The van der Waals surface area contributed by atoms with E-state index >= 15 is 0 Å². The molecule has 20 heavy (non-hydrogen) atoms. The van der Waals surface area contributed by atoms with Crippen LogP contribution in [0.25, 0.3) is 0 Å². The predicted molar refractivity (Wildman–Crippen MR) is 77.0 cm³/mol. The van der Waals surface area contributed by atoms with E-state index in [0.29, 0.717) is 11.3 Å². The van der Waals surface area contributed by atoms with E-state index in [-0.39, 0.29) is 6.61 Å². The Hall–Kier alpha value is -2.52. The van der Waals surface area contributed by atoms with Gasteiger partial charge in [0.15, 0.2) is 0 Å². The molecule has 0 unspecified atom stereocenters. The normalized spacial score (nSPS) is 9.60. The molecular weight excluding hydrogens is 274 g/mol. The Morgan fingerprint density at radius 1 is 1.35 bits per heavy atom. The molecule has 0 fully saturated rings. The van der Waals surface area contributed by atoms with Crippen LogP contribution in [0.5, 0.6) is 0 Å². The maximum Gasteiger partial charge on any atom is 0.424 e. The maximum absolute atomic E-state index is 11.8. The Kier molecular flexibility index (Phi) is 4.58. The molecule has 1 heterocycles. The Balaban J connectivity index is 1.96. The summed E-state index contributed by atoms with van der Waals surface area (Å²) in [7, 11) is 0. The lowest BCUT2D eigenvalue weighted by molar-refractivity contribution is 0.152. The van der Waals surface area contributed by atoms with Gasteiger partial charge in [-0.2, -0.15) is 5.26 Å². The summed E-state index contributed by atoms with van der Waals surface area (Å²) in [6.07, 6.45) is 2.67. The molecule has 0 saturated carbocycles. The Morgan fingerprint density at radius 2 is 2.10 bits per heavy atom. The van der Waals surface area contributed by atoms with Crippen LogP contribution in [0.1, 0.15) is 11.1 Å². The van der Waals surface area contributed by atoms with Crippen molar-refractivity contribution in [1.82, 2.24) is 4.98 Å². The van der Waals surface area contributed by atoms with Crippen molar-refractivity contribution in [2.75, 3.05) is 4.31 Å². The Morgan fingerprint density at radius 3 is 2.70 bits per heavy atom. The molecule has 0 spiro atoms. The zero-order chi connectivity index (χ0) is 14.4. The van der Waals surface area contributed by atoms with Crippen LogP contribution in [-0.2, 0) is 11.3 Å². The smallest absolute Gasteiger partial charge is 0.424 e. The van der Waals surface area contributed by atoms with Gasteiger partial charge in [0, 0.05) is 18.0 Å². The van der Waals surface area contributed by atoms with Gasteiger partial charge < -0.3 is 4.74 Å². The Bertz CT molecular complexity index is 623. The van der Waals surface area contributed by atoms with Gasteiger partial charge in [0.25, 0.3) is 0 Å². The first-order chi connectivity index (χ1) is 9.70. The molecule has 5 nitrogen and oxygen atoms in total. The van der Waals surface area contributed by atoms with Gasteiger partial charge in [-0.25, -0.2) is 9.10 Å². The summed E-state index contributed by atoms with van der Waals surface area (Å²) < 4.78 is 6.19. The van der Waals surface area contributed by atoms with Crippen LogP contribution < -0.4 is 4.31 Å². The summed E-state index contributed by atoms with van der Waals surface area (Å²) in [6.45, 7) is 0.125. The molecule has 2 aromatic rings. The van der Waals surface area contributed by atoms with E-state index in [4.69, 9.17) is 10.00 Å². The molecule has 0 aliphatic rings. The van der Waals surface area contributed by atoms with Crippen LogP contribution in [-0.4, -0.2) is 11.1 Å². The van der Waals surface area contributed by atoms with Crippen LogP contribution in [0.3, 0.4) is 0 Å². The monoisotopic (exact) mass is 285 g/mol. The largest absolute Gasteiger partial charge is 0.444 e. The van der Waals surface area contributed by atoms with Crippen LogP contribution in [0.2, 0.25) is 0 Å². The number of rotatable bonds is 3. The van der Waals surface area contributed by atoms with E-state index < -0.39 is 6.09 Å². The zero-order valence-electron chi connectivity index (χ0n) is 10.4. The second-order valence-electron chi connectivity index (χ2n) is 3.89. The topological polar surface area (TPSA) is 66.2 Å². The lowest BCUT2D eigenvalue weighted by Crippen LogP contribution is -2.21. The molecule has 6 heteroatoms. The Labute approximate surface area is 122 Å². The van der Waals surface area contributed by atoms with Gasteiger partial charge in [-0.1, -0.05) is 18.9 Å². The van der Waals surface area contributed by atoms with E-state index in [9.17, 15) is 4.79 Å². The average molecular weight is 285 g/mol. The molecule has 0 radical (unpaired) electrons. The minimum atomic E-state index is -0.595. The third-order valence-electron chi connectivity index (χ3n) is 2.50. The van der Waals surface area contributed by atoms with Gasteiger partial charge in [-0.05, 0) is 30.3 Å². The number of hydrogen-bond acceptors (Lipinski definition) is 5. The fourth-order valence-corrected chi connectivity index (χ4v) is 1.66. The van der Waals surface area contributed by atoms with Gasteiger partial charge in [-0.15, -0.1) is 0 Å². The zero-order valence-corrected chi connectivity index (χ0v) is 11.3. The van der Waals surface area contributed by atoms with E-state index in [1.807, 2.05) is 12.1 Å². The number of aromatic nitrogens is 1. The van der Waals surface area contributed by atoms with Crippen LogP contribution in [0, 0.1) is 11.3 Å². The highest BCUT2D eigenvalue weighted by Crippen LogP contribution is 2.18. The van der Waals surface area contributed by atoms with Crippen molar-refractivity contribution in [2.24, 2.45) is 0 Å². The second kappa shape index (κ2) is 6.59. The first-order valence-corrected chi connectivity index (χ1v) is 6.15. The number of nitrogens with zero attached hydrogens (tertiary/aromatic N) is 3. The standard InChI is InChI=1S/C14H11N3O2S/c15-8-11-3-5-13(6-4-11)17(20)14(18)19-10-12-2-1-7-16-9-12/h1-7,9,20H,10H2. The number of anilines is 1. The van der Waals surface area contributed by atoms with E-state index in [2.05, 4.69) is 17.8 Å². The van der Waals surface area contributed by atoms with Gasteiger partial charge in [0.1, 0.15) is 6.61 Å². The molecule has 0 atom stereocenters. The number of amides is 1. The first-order valence-electron chi connectivity index (χ1n) is 5.75. The number of hydrogen-bond donors (Lipinski definition) is 1. The van der Waals surface area contributed by atoms with E-state index in [0.717, 1.165) is 9.87 Å².